The number of ether oxygens (including phenoxy) is 1. The summed E-state index contributed by atoms with van der Waals surface area (Å²) in [4.78, 5) is 38.0. The van der Waals surface area contributed by atoms with E-state index in [4.69, 9.17) is 9.26 Å². The molecule has 4 rings (SSSR count). The van der Waals surface area contributed by atoms with Crippen molar-refractivity contribution in [3.05, 3.63) is 82.5 Å². The smallest absolute Gasteiger partial charge is 0.356 e. The van der Waals surface area contributed by atoms with Crippen LogP contribution in [0.3, 0.4) is 0 Å². The van der Waals surface area contributed by atoms with Gasteiger partial charge in [0.25, 0.3) is 11.5 Å². The first kappa shape index (κ1) is 20.1. The summed E-state index contributed by atoms with van der Waals surface area (Å²) < 4.78 is 11.4. The van der Waals surface area contributed by atoms with Crippen LogP contribution in [0.5, 0.6) is 0 Å². The van der Waals surface area contributed by atoms with E-state index in [0.717, 1.165) is 5.56 Å². The first-order valence-electron chi connectivity index (χ1n) is 9.53. The Hall–Kier alpha value is -4.20. The van der Waals surface area contributed by atoms with Gasteiger partial charge in [0.2, 0.25) is 0 Å². The summed E-state index contributed by atoms with van der Waals surface area (Å²) in [5, 5.41) is 7.26. The lowest BCUT2D eigenvalue weighted by Gasteiger charge is -2.16. The Morgan fingerprint density at radius 2 is 1.74 bits per heavy atom. The number of aryl methyl sites for hydroxylation is 1. The maximum Gasteiger partial charge on any atom is 0.356 e. The highest BCUT2D eigenvalue weighted by Gasteiger charge is 2.23. The molecule has 1 N–H and O–H groups in total. The number of amides is 1. The van der Waals surface area contributed by atoms with E-state index >= 15 is 0 Å². The van der Waals surface area contributed by atoms with Crippen molar-refractivity contribution < 1.29 is 18.8 Å². The van der Waals surface area contributed by atoms with Crippen LogP contribution in [0, 0.1) is 6.92 Å². The molecule has 0 aliphatic heterocycles. The molecule has 4 aromatic rings. The molecule has 8 nitrogen and oxygen atoms in total. The summed E-state index contributed by atoms with van der Waals surface area (Å²) in [6, 6.07) is 17.9. The normalized spacial score (nSPS) is 10.8. The van der Waals surface area contributed by atoms with Crippen molar-refractivity contribution in [1.82, 2.24) is 9.72 Å². The molecule has 0 saturated carbocycles. The largest absolute Gasteiger partial charge is 0.451 e. The van der Waals surface area contributed by atoms with Crippen LogP contribution >= 0.6 is 0 Å². The Balaban J connectivity index is 1.71. The first-order valence-corrected chi connectivity index (χ1v) is 9.53. The van der Waals surface area contributed by atoms with Crippen LogP contribution in [-0.2, 0) is 16.6 Å². The number of aromatic nitrogens is 2. The second-order valence-corrected chi connectivity index (χ2v) is 6.95. The lowest BCUT2D eigenvalue weighted by atomic mass is 9.97. The van der Waals surface area contributed by atoms with Crippen molar-refractivity contribution in [3.8, 4) is 11.1 Å². The third kappa shape index (κ3) is 3.95. The van der Waals surface area contributed by atoms with Gasteiger partial charge < -0.3 is 19.1 Å². The van der Waals surface area contributed by atoms with E-state index in [1.807, 2.05) is 30.3 Å². The maximum absolute atomic E-state index is 13.0. The number of esters is 1. The van der Waals surface area contributed by atoms with Crippen molar-refractivity contribution in [1.29, 1.82) is 0 Å². The molecule has 2 aromatic heterocycles. The van der Waals surface area contributed by atoms with Crippen LogP contribution in [0.1, 0.15) is 16.2 Å². The molecule has 0 aliphatic carbocycles. The zero-order chi connectivity index (χ0) is 22.0. The van der Waals surface area contributed by atoms with E-state index in [-0.39, 0.29) is 17.1 Å². The van der Waals surface area contributed by atoms with Crippen LogP contribution in [-0.4, -0.2) is 28.2 Å². The molecule has 2 heterocycles. The van der Waals surface area contributed by atoms with Gasteiger partial charge in [0.15, 0.2) is 12.4 Å². The number of fused-ring (bicyclic) bond motifs is 1. The number of pyridine rings is 1. The molecule has 0 fully saturated rings. The lowest BCUT2D eigenvalue weighted by Crippen LogP contribution is -2.28. The number of rotatable bonds is 5. The van der Waals surface area contributed by atoms with Gasteiger partial charge in [-0.3, -0.25) is 9.59 Å². The monoisotopic (exact) mass is 417 g/mol. The van der Waals surface area contributed by atoms with Gasteiger partial charge in [-0.15, -0.1) is 0 Å². The van der Waals surface area contributed by atoms with Gasteiger partial charge in [0.1, 0.15) is 11.5 Å². The summed E-state index contributed by atoms with van der Waals surface area (Å²) >= 11 is 0. The molecule has 0 bridgehead atoms. The minimum atomic E-state index is -0.782. The van der Waals surface area contributed by atoms with Crippen molar-refractivity contribution in [2.24, 2.45) is 7.05 Å². The average molecular weight is 417 g/mol. The molecule has 31 heavy (non-hydrogen) atoms. The Bertz CT molecular complexity index is 1340. The molecule has 1 amide bonds. The summed E-state index contributed by atoms with van der Waals surface area (Å²) in [5.41, 5.74) is 1.06. The van der Waals surface area contributed by atoms with Crippen molar-refractivity contribution in [2.45, 2.75) is 6.92 Å². The molecule has 2 aromatic carbocycles. The number of hydrogen-bond acceptors (Lipinski definition) is 6. The molecule has 0 spiro atoms. The van der Waals surface area contributed by atoms with Crippen LogP contribution in [0.15, 0.2) is 70.0 Å². The Morgan fingerprint density at radius 3 is 2.42 bits per heavy atom. The van der Waals surface area contributed by atoms with Gasteiger partial charge in [-0.2, -0.15) is 0 Å². The fourth-order valence-electron chi connectivity index (χ4n) is 3.40. The molecule has 8 heteroatoms. The Kier molecular flexibility index (Phi) is 5.36. The van der Waals surface area contributed by atoms with Gasteiger partial charge in [0.05, 0.1) is 0 Å². The number of nitrogens with one attached hydrogen (secondary N) is 1. The lowest BCUT2D eigenvalue weighted by molar-refractivity contribution is -0.119. The summed E-state index contributed by atoms with van der Waals surface area (Å²) in [6.45, 7) is 1.15. The van der Waals surface area contributed by atoms with Gasteiger partial charge in [-0.25, -0.2) is 4.79 Å². The first-order chi connectivity index (χ1) is 15.0. The van der Waals surface area contributed by atoms with E-state index in [9.17, 15) is 14.4 Å². The van der Waals surface area contributed by atoms with Crippen LogP contribution in [0.2, 0.25) is 0 Å². The van der Waals surface area contributed by atoms with Crippen molar-refractivity contribution >= 4 is 28.5 Å². The van der Waals surface area contributed by atoms with Gasteiger partial charge in [-0.1, -0.05) is 53.7 Å². The highest BCUT2D eigenvalue weighted by Crippen LogP contribution is 2.30. The quantitative estimate of drug-likeness (QED) is 0.500. The van der Waals surface area contributed by atoms with Crippen molar-refractivity contribution in [2.75, 3.05) is 11.9 Å². The molecule has 0 atom stereocenters. The highest BCUT2D eigenvalue weighted by atomic mass is 16.5. The number of nitrogens with zero attached hydrogens (tertiary/aromatic N) is 2. The van der Waals surface area contributed by atoms with E-state index in [1.54, 1.807) is 37.3 Å². The molecule has 0 aliphatic rings. The number of benzene rings is 2. The third-order valence-corrected chi connectivity index (χ3v) is 4.79. The molecular weight excluding hydrogens is 398 g/mol. The van der Waals surface area contributed by atoms with Crippen LogP contribution in [0.25, 0.3) is 21.9 Å². The second kappa shape index (κ2) is 8.27. The number of carbonyl (C=O) groups excluding carboxylic acids is 2. The standard InChI is InChI=1S/C23H19N3O5/c1-14-12-18(25-31-14)24-19(27)13-30-23(29)21-20(15-8-4-3-5-9-15)16-10-6-7-11-17(16)22(28)26(21)2/h3-12H,13H2,1-2H3,(H,24,25,27). The number of anilines is 1. The van der Waals surface area contributed by atoms with Gasteiger partial charge in [0, 0.05) is 24.1 Å². The molecule has 0 saturated heterocycles. The number of hydrogen-bond donors (Lipinski definition) is 1. The zero-order valence-corrected chi connectivity index (χ0v) is 16.9. The zero-order valence-electron chi connectivity index (χ0n) is 16.9. The summed E-state index contributed by atoms with van der Waals surface area (Å²) in [6.07, 6.45) is 0. The van der Waals surface area contributed by atoms with Gasteiger partial charge in [-0.05, 0) is 23.9 Å². The van der Waals surface area contributed by atoms with Crippen molar-refractivity contribution in [3.63, 3.8) is 0 Å². The van der Waals surface area contributed by atoms with Gasteiger partial charge >= 0.3 is 5.97 Å². The molecule has 0 radical (unpaired) electrons. The van der Waals surface area contributed by atoms with E-state index in [0.29, 0.717) is 22.1 Å². The topological polar surface area (TPSA) is 103 Å². The number of carbonyl (C=O) groups is 2. The second-order valence-electron chi connectivity index (χ2n) is 6.95. The molecule has 0 unspecified atom stereocenters. The minimum Gasteiger partial charge on any atom is -0.451 e. The summed E-state index contributed by atoms with van der Waals surface area (Å²) in [5.74, 6) is -0.600. The summed E-state index contributed by atoms with van der Waals surface area (Å²) in [7, 11) is 1.51. The SMILES string of the molecule is Cc1cc(NC(=O)COC(=O)c2c(-c3ccccc3)c3ccccc3c(=O)n2C)no1. The maximum atomic E-state index is 13.0. The fraction of sp³-hybridized carbons (Fsp3) is 0.130. The minimum absolute atomic E-state index is 0.0694. The third-order valence-electron chi connectivity index (χ3n) is 4.79. The Labute approximate surface area is 177 Å². The fourth-order valence-corrected chi connectivity index (χ4v) is 3.40. The molecule has 156 valence electrons. The predicted molar refractivity (Wildman–Crippen MR) is 115 cm³/mol. The Morgan fingerprint density at radius 1 is 1.06 bits per heavy atom. The van der Waals surface area contributed by atoms with Crippen LogP contribution in [0.4, 0.5) is 5.82 Å². The average Bonchev–Trinajstić information content (AvgIpc) is 3.19. The molecular formula is C23H19N3O5. The van der Waals surface area contributed by atoms with E-state index in [1.165, 1.54) is 11.6 Å². The van der Waals surface area contributed by atoms with Crippen LogP contribution < -0.4 is 10.9 Å². The van der Waals surface area contributed by atoms with E-state index < -0.39 is 18.5 Å². The van der Waals surface area contributed by atoms with E-state index in [2.05, 4.69) is 10.5 Å². The predicted octanol–water partition coefficient (Wildman–Crippen LogP) is 3.30. The highest BCUT2D eigenvalue weighted by molar-refractivity contribution is 6.07.